The molecule has 0 spiro atoms. The second-order valence-electron chi connectivity index (χ2n) is 4.03. The van der Waals surface area contributed by atoms with Gasteiger partial charge in [-0.1, -0.05) is 23.2 Å². The molecule has 1 aromatic rings. The highest BCUT2D eigenvalue weighted by Gasteiger charge is 2.17. The Morgan fingerprint density at radius 2 is 1.95 bits per heavy atom. The lowest BCUT2D eigenvalue weighted by molar-refractivity contribution is -0.129. The van der Waals surface area contributed by atoms with Gasteiger partial charge < -0.3 is 10.4 Å². The molecule has 0 aliphatic carbocycles. The van der Waals surface area contributed by atoms with Gasteiger partial charge in [0.1, 0.15) is 0 Å². The van der Waals surface area contributed by atoms with Gasteiger partial charge in [-0.2, -0.15) is 0 Å². The zero-order valence-corrected chi connectivity index (χ0v) is 12.7. The van der Waals surface area contributed by atoms with Crippen LogP contribution in [0.15, 0.2) is 18.2 Å². The number of carbonyl (C=O) groups is 1. The number of carbonyl (C=O) groups excluding carboxylic acids is 1. The number of aliphatic hydroxyl groups is 1. The molecule has 0 aromatic heterocycles. The van der Waals surface area contributed by atoms with E-state index in [4.69, 9.17) is 23.2 Å². The first kappa shape index (κ1) is 16.4. The van der Waals surface area contributed by atoms with Crippen molar-refractivity contribution in [2.75, 3.05) is 18.6 Å². The van der Waals surface area contributed by atoms with Gasteiger partial charge in [-0.25, -0.2) is 0 Å². The van der Waals surface area contributed by atoms with Crippen LogP contribution in [0, 0.1) is 0 Å². The maximum Gasteiger partial charge on any atom is 0.253 e. The monoisotopic (exact) mass is 323 g/mol. The fraction of sp³-hybridized carbons (Fsp3) is 0.417. The molecular weight excluding hydrogens is 309 g/mol. The molecule has 1 aromatic carbocycles. The van der Waals surface area contributed by atoms with E-state index in [1.165, 1.54) is 18.2 Å². The minimum Gasteiger partial charge on any atom is -0.378 e. The molecule has 1 rings (SSSR count). The molecule has 0 fully saturated rings. The molecule has 4 nitrogen and oxygen atoms in total. The molecule has 0 aliphatic rings. The quantitative estimate of drug-likeness (QED) is 0.786. The van der Waals surface area contributed by atoms with E-state index in [0.29, 0.717) is 34.3 Å². The zero-order valence-electron chi connectivity index (χ0n) is 10.4. The molecule has 0 aliphatic heterocycles. The highest BCUT2D eigenvalue weighted by Crippen LogP contribution is 2.23. The Balaban J connectivity index is 2.54. The summed E-state index contributed by atoms with van der Waals surface area (Å²) in [7, 11) is -0.882. The molecule has 2 unspecified atom stereocenters. The van der Waals surface area contributed by atoms with Gasteiger partial charge in [0.2, 0.25) is 0 Å². The molecule has 19 heavy (non-hydrogen) atoms. The van der Waals surface area contributed by atoms with E-state index in [9.17, 15) is 14.1 Å². The van der Waals surface area contributed by atoms with Crippen LogP contribution in [0.5, 0.6) is 0 Å². The first-order chi connectivity index (χ1) is 8.90. The Kier molecular flexibility index (Phi) is 6.79. The summed E-state index contributed by atoms with van der Waals surface area (Å²) >= 11 is 11.6. The second kappa shape index (κ2) is 7.85. The molecule has 2 N–H and O–H groups in total. The van der Waals surface area contributed by atoms with E-state index in [1.807, 2.05) is 0 Å². The lowest BCUT2D eigenvalue weighted by Crippen LogP contribution is -2.30. The predicted octanol–water partition coefficient (Wildman–Crippen LogP) is 1.91. The fourth-order valence-corrected chi connectivity index (χ4v) is 2.56. The van der Waals surface area contributed by atoms with Crippen molar-refractivity contribution in [1.29, 1.82) is 0 Å². The highest BCUT2D eigenvalue weighted by atomic mass is 35.5. The number of amides is 1. The lowest BCUT2D eigenvalue weighted by atomic mass is 10.1. The summed E-state index contributed by atoms with van der Waals surface area (Å²) in [5.74, 6) is -0.0143. The van der Waals surface area contributed by atoms with Crippen LogP contribution in [0.3, 0.4) is 0 Å². The number of hydrogen-bond donors (Lipinski definition) is 2. The maximum absolute atomic E-state index is 11.7. The largest absolute Gasteiger partial charge is 0.378 e. The van der Waals surface area contributed by atoms with E-state index in [2.05, 4.69) is 5.32 Å². The van der Waals surface area contributed by atoms with Gasteiger partial charge in [0.05, 0.1) is 0 Å². The third-order valence-electron chi connectivity index (χ3n) is 2.36. The van der Waals surface area contributed by atoms with Crippen molar-refractivity contribution in [3.8, 4) is 0 Å². The Labute approximate surface area is 124 Å². The van der Waals surface area contributed by atoms with Crippen molar-refractivity contribution in [3.05, 3.63) is 33.8 Å². The molecular formula is C12H15Cl2NO3S. The fourth-order valence-electron chi connectivity index (χ4n) is 1.47. The summed E-state index contributed by atoms with van der Waals surface area (Å²) in [5.41, 5.74) is 0.342. The molecule has 0 bridgehead atoms. The Hall–Kier alpha value is -0.620. The van der Waals surface area contributed by atoms with Crippen LogP contribution in [0.2, 0.25) is 10.0 Å². The summed E-state index contributed by atoms with van der Waals surface area (Å²) < 4.78 is 10.8. The average molecular weight is 324 g/mol. The number of rotatable bonds is 6. The number of nitrogens with one attached hydrogen (secondary N) is 1. The van der Waals surface area contributed by atoms with E-state index in [-0.39, 0.29) is 0 Å². The second-order valence-corrected chi connectivity index (χ2v) is 6.45. The topological polar surface area (TPSA) is 66.4 Å². The normalized spacial score (nSPS) is 13.9. The number of aliphatic hydroxyl groups excluding tert-OH is 1. The Morgan fingerprint density at radius 1 is 1.37 bits per heavy atom. The van der Waals surface area contributed by atoms with Crippen molar-refractivity contribution >= 4 is 39.9 Å². The summed E-state index contributed by atoms with van der Waals surface area (Å²) in [6, 6.07) is 4.49. The predicted molar refractivity (Wildman–Crippen MR) is 78.0 cm³/mol. The van der Waals surface area contributed by atoms with Gasteiger partial charge in [-0.3, -0.25) is 9.00 Å². The summed E-state index contributed by atoms with van der Waals surface area (Å²) in [4.78, 5) is 11.7. The summed E-state index contributed by atoms with van der Waals surface area (Å²) in [6.07, 6.45) is 0.881. The Morgan fingerprint density at radius 3 is 2.47 bits per heavy atom. The smallest absolute Gasteiger partial charge is 0.253 e. The van der Waals surface area contributed by atoms with E-state index >= 15 is 0 Å². The van der Waals surface area contributed by atoms with Gasteiger partial charge in [-0.05, 0) is 30.2 Å². The number of benzene rings is 1. The summed E-state index contributed by atoms with van der Waals surface area (Å²) in [6.45, 7) is 0.365. The highest BCUT2D eigenvalue weighted by molar-refractivity contribution is 7.84. The van der Waals surface area contributed by atoms with E-state index in [0.717, 1.165) is 0 Å². The molecule has 2 atom stereocenters. The lowest BCUT2D eigenvalue weighted by Gasteiger charge is -2.12. The molecule has 0 saturated heterocycles. The van der Waals surface area contributed by atoms with Crippen LogP contribution in [0.25, 0.3) is 0 Å². The molecule has 0 saturated carbocycles. The minimum atomic E-state index is -1.32. The first-order valence-electron chi connectivity index (χ1n) is 5.62. The van der Waals surface area contributed by atoms with Crippen LogP contribution < -0.4 is 5.32 Å². The molecule has 106 valence electrons. The van der Waals surface area contributed by atoms with Crippen molar-refractivity contribution < 1.29 is 14.1 Å². The van der Waals surface area contributed by atoms with E-state index < -0.39 is 22.8 Å². The minimum absolute atomic E-state index is 0.342. The molecule has 7 heteroatoms. The van der Waals surface area contributed by atoms with Gasteiger partial charge in [-0.15, -0.1) is 0 Å². The van der Waals surface area contributed by atoms with Gasteiger partial charge in [0.15, 0.2) is 6.10 Å². The molecule has 1 amide bonds. The van der Waals surface area contributed by atoms with Gasteiger partial charge >= 0.3 is 0 Å². The third kappa shape index (κ3) is 5.91. The standard InChI is InChI=1S/C12H15Cl2NO3S/c1-19(18)4-2-3-15-12(17)11(16)8-5-9(13)7-10(14)6-8/h5-7,11,16H,2-4H2,1H3,(H,15,17). The third-order valence-corrected chi connectivity index (χ3v) is 3.66. The Bertz CT molecular complexity index is 462. The zero-order chi connectivity index (χ0) is 14.4. The first-order valence-corrected chi connectivity index (χ1v) is 8.10. The van der Waals surface area contributed by atoms with Gasteiger partial charge in [0, 0.05) is 39.4 Å². The van der Waals surface area contributed by atoms with Crippen LogP contribution >= 0.6 is 23.2 Å². The molecule has 0 heterocycles. The van der Waals surface area contributed by atoms with E-state index in [1.54, 1.807) is 6.26 Å². The van der Waals surface area contributed by atoms with Crippen molar-refractivity contribution in [2.24, 2.45) is 0 Å². The van der Waals surface area contributed by atoms with Crippen LogP contribution in [-0.4, -0.2) is 33.8 Å². The van der Waals surface area contributed by atoms with Gasteiger partial charge in [0.25, 0.3) is 5.91 Å². The van der Waals surface area contributed by atoms with Crippen molar-refractivity contribution in [1.82, 2.24) is 5.32 Å². The van der Waals surface area contributed by atoms with Crippen LogP contribution in [0.1, 0.15) is 18.1 Å². The van der Waals surface area contributed by atoms with Crippen molar-refractivity contribution in [2.45, 2.75) is 12.5 Å². The van der Waals surface area contributed by atoms with Crippen molar-refractivity contribution in [3.63, 3.8) is 0 Å². The SMILES string of the molecule is CS(=O)CCCNC(=O)C(O)c1cc(Cl)cc(Cl)c1. The van der Waals surface area contributed by atoms with Crippen LogP contribution in [0.4, 0.5) is 0 Å². The summed E-state index contributed by atoms with van der Waals surface area (Å²) in [5, 5.41) is 13.1. The number of halogens is 2. The van der Waals surface area contributed by atoms with Crippen LogP contribution in [-0.2, 0) is 15.6 Å². The maximum atomic E-state index is 11.7. The molecule has 0 radical (unpaired) electrons. The number of hydrogen-bond acceptors (Lipinski definition) is 3. The average Bonchev–Trinajstić information content (AvgIpc) is 2.32.